The van der Waals surface area contributed by atoms with Gasteiger partial charge in [-0.3, -0.25) is 9.69 Å². The van der Waals surface area contributed by atoms with Crippen LogP contribution >= 0.6 is 0 Å². The molecule has 1 aliphatic heterocycles. The number of nitrogens with zero attached hydrogens (tertiary/aromatic N) is 2. The van der Waals surface area contributed by atoms with Gasteiger partial charge in [0.1, 0.15) is 0 Å². The Morgan fingerprint density at radius 2 is 2.10 bits per heavy atom. The molecular weight excluding hydrogens is 262 g/mol. The van der Waals surface area contributed by atoms with E-state index in [1.165, 1.54) is 25.7 Å². The second kappa shape index (κ2) is 7.23. The predicted octanol–water partition coefficient (Wildman–Crippen LogP) is 2.30. The molecule has 0 spiro atoms. The number of pyridine rings is 1. The lowest BCUT2D eigenvalue weighted by molar-refractivity contribution is 0.123. The first-order valence-corrected chi connectivity index (χ1v) is 8.05. The van der Waals surface area contributed by atoms with E-state index in [0.29, 0.717) is 6.04 Å². The topological polar surface area (TPSA) is 39.3 Å². The van der Waals surface area contributed by atoms with Crippen molar-refractivity contribution in [1.29, 1.82) is 0 Å². The first-order valence-electron chi connectivity index (χ1n) is 8.05. The van der Waals surface area contributed by atoms with Crippen molar-refractivity contribution < 1.29 is 0 Å². The molecule has 0 bridgehead atoms. The largest absolute Gasteiger partial charge is 0.363 e. The fourth-order valence-electron chi connectivity index (χ4n) is 3.17. The molecule has 0 saturated carbocycles. The standard InChI is InChI=1S/C17H29N3O/c1-13-11-18-16(14(2)17(13)21)12-20-9-6-5-7-15(20)8-10-19(3)4/h11,15H,5-10,12H2,1-4H3,(H,18,21). The van der Waals surface area contributed by atoms with Crippen LogP contribution in [0, 0.1) is 13.8 Å². The van der Waals surface area contributed by atoms with E-state index in [1.807, 2.05) is 20.0 Å². The maximum atomic E-state index is 12.1. The van der Waals surface area contributed by atoms with Crippen LogP contribution < -0.4 is 5.43 Å². The molecule has 1 N–H and O–H groups in total. The van der Waals surface area contributed by atoms with Crippen molar-refractivity contribution in [3.63, 3.8) is 0 Å². The molecule has 1 aromatic rings. The molecule has 4 heteroatoms. The Morgan fingerprint density at radius 3 is 2.81 bits per heavy atom. The van der Waals surface area contributed by atoms with Crippen LogP contribution in [-0.4, -0.2) is 48.0 Å². The second-order valence-corrected chi connectivity index (χ2v) is 6.62. The monoisotopic (exact) mass is 291 g/mol. The zero-order valence-electron chi connectivity index (χ0n) is 13.9. The van der Waals surface area contributed by atoms with E-state index >= 15 is 0 Å². The van der Waals surface area contributed by atoms with Gasteiger partial charge in [-0.25, -0.2) is 0 Å². The third kappa shape index (κ3) is 4.17. The van der Waals surface area contributed by atoms with Gasteiger partial charge in [0.15, 0.2) is 5.43 Å². The van der Waals surface area contributed by atoms with Crippen LogP contribution in [0.15, 0.2) is 11.0 Å². The number of likely N-dealkylation sites (tertiary alicyclic amines) is 1. The van der Waals surface area contributed by atoms with Crippen LogP contribution in [0.5, 0.6) is 0 Å². The minimum absolute atomic E-state index is 0.186. The highest BCUT2D eigenvalue weighted by molar-refractivity contribution is 5.23. The summed E-state index contributed by atoms with van der Waals surface area (Å²) >= 11 is 0. The van der Waals surface area contributed by atoms with E-state index in [1.54, 1.807) is 0 Å². The SMILES string of the molecule is Cc1c[nH]c(CN2CCCCC2CCN(C)C)c(C)c1=O. The van der Waals surface area contributed by atoms with Gasteiger partial charge in [0.05, 0.1) is 0 Å². The number of H-pyrrole nitrogens is 1. The third-order valence-corrected chi connectivity index (χ3v) is 4.63. The predicted molar refractivity (Wildman–Crippen MR) is 87.8 cm³/mol. The van der Waals surface area contributed by atoms with Crippen molar-refractivity contribution in [3.05, 3.63) is 33.2 Å². The Bertz CT molecular complexity index is 521. The summed E-state index contributed by atoms with van der Waals surface area (Å²) in [6, 6.07) is 0.644. The zero-order valence-corrected chi connectivity index (χ0v) is 13.9. The summed E-state index contributed by atoms with van der Waals surface area (Å²) < 4.78 is 0. The smallest absolute Gasteiger partial charge is 0.187 e. The summed E-state index contributed by atoms with van der Waals surface area (Å²) in [4.78, 5) is 20.2. The lowest BCUT2D eigenvalue weighted by Crippen LogP contribution is -2.41. The van der Waals surface area contributed by atoms with Crippen LogP contribution in [0.2, 0.25) is 0 Å². The van der Waals surface area contributed by atoms with Crippen molar-refractivity contribution in [2.75, 3.05) is 27.2 Å². The zero-order chi connectivity index (χ0) is 15.4. The summed E-state index contributed by atoms with van der Waals surface area (Å²) in [5, 5.41) is 0. The Labute approximate surface area is 128 Å². The van der Waals surface area contributed by atoms with Crippen LogP contribution in [0.4, 0.5) is 0 Å². The number of piperidine rings is 1. The molecule has 1 saturated heterocycles. The highest BCUT2D eigenvalue weighted by atomic mass is 16.1. The van der Waals surface area contributed by atoms with Crippen molar-refractivity contribution in [2.45, 2.75) is 52.1 Å². The lowest BCUT2D eigenvalue weighted by Gasteiger charge is -2.36. The van der Waals surface area contributed by atoms with Crippen molar-refractivity contribution >= 4 is 0 Å². The maximum Gasteiger partial charge on any atom is 0.187 e. The van der Waals surface area contributed by atoms with Gasteiger partial charge in [0.2, 0.25) is 0 Å². The van der Waals surface area contributed by atoms with E-state index in [9.17, 15) is 4.79 Å². The van der Waals surface area contributed by atoms with E-state index in [4.69, 9.17) is 0 Å². The van der Waals surface area contributed by atoms with Gasteiger partial charge < -0.3 is 9.88 Å². The molecule has 1 unspecified atom stereocenters. The van der Waals surface area contributed by atoms with E-state index < -0.39 is 0 Å². The second-order valence-electron chi connectivity index (χ2n) is 6.62. The van der Waals surface area contributed by atoms with E-state index in [0.717, 1.165) is 36.5 Å². The summed E-state index contributed by atoms with van der Waals surface area (Å²) in [6.07, 6.45) is 6.94. The Kier molecular flexibility index (Phi) is 5.59. The molecule has 4 nitrogen and oxygen atoms in total. The molecule has 21 heavy (non-hydrogen) atoms. The highest BCUT2D eigenvalue weighted by Gasteiger charge is 2.23. The first-order chi connectivity index (χ1) is 9.99. The number of hydrogen-bond acceptors (Lipinski definition) is 3. The number of nitrogens with one attached hydrogen (secondary N) is 1. The summed E-state index contributed by atoms with van der Waals surface area (Å²) in [7, 11) is 4.27. The van der Waals surface area contributed by atoms with Crippen LogP contribution in [0.1, 0.15) is 42.5 Å². The average Bonchev–Trinajstić information content (AvgIpc) is 2.47. The van der Waals surface area contributed by atoms with Crippen molar-refractivity contribution in [2.24, 2.45) is 0 Å². The number of rotatable bonds is 5. The van der Waals surface area contributed by atoms with Crippen LogP contribution in [0.25, 0.3) is 0 Å². The lowest BCUT2D eigenvalue weighted by atomic mass is 9.98. The first kappa shape index (κ1) is 16.2. The Morgan fingerprint density at radius 1 is 1.33 bits per heavy atom. The normalized spacial score (nSPS) is 20.1. The molecule has 1 aliphatic rings. The van der Waals surface area contributed by atoms with Crippen LogP contribution in [0.3, 0.4) is 0 Å². The van der Waals surface area contributed by atoms with Crippen molar-refractivity contribution in [1.82, 2.24) is 14.8 Å². The van der Waals surface area contributed by atoms with Gasteiger partial charge in [0.25, 0.3) is 0 Å². The average molecular weight is 291 g/mol. The molecule has 1 fully saturated rings. The summed E-state index contributed by atoms with van der Waals surface area (Å²) in [5.74, 6) is 0. The number of aryl methyl sites for hydroxylation is 1. The van der Waals surface area contributed by atoms with E-state index in [2.05, 4.69) is 28.9 Å². The minimum atomic E-state index is 0.186. The molecule has 2 heterocycles. The third-order valence-electron chi connectivity index (χ3n) is 4.63. The minimum Gasteiger partial charge on any atom is -0.363 e. The van der Waals surface area contributed by atoms with E-state index in [-0.39, 0.29) is 5.43 Å². The molecule has 118 valence electrons. The highest BCUT2D eigenvalue weighted by Crippen LogP contribution is 2.22. The molecular formula is C17H29N3O. The molecule has 1 atom stereocenters. The molecule has 1 aromatic heterocycles. The van der Waals surface area contributed by atoms with Gasteiger partial charge in [-0.1, -0.05) is 6.42 Å². The molecule has 0 aromatic carbocycles. The molecule has 0 aliphatic carbocycles. The van der Waals surface area contributed by atoms with Gasteiger partial charge in [-0.05, 0) is 60.3 Å². The molecule has 0 amide bonds. The Hall–Kier alpha value is -1.13. The quantitative estimate of drug-likeness (QED) is 0.905. The number of aromatic nitrogens is 1. The summed E-state index contributed by atoms with van der Waals surface area (Å²) in [5.41, 5.74) is 2.96. The Balaban J connectivity index is 2.08. The fourth-order valence-corrected chi connectivity index (χ4v) is 3.17. The van der Waals surface area contributed by atoms with Gasteiger partial charge in [0, 0.05) is 35.6 Å². The number of hydrogen-bond donors (Lipinski definition) is 1. The van der Waals surface area contributed by atoms with Gasteiger partial charge in [-0.15, -0.1) is 0 Å². The number of aromatic amines is 1. The summed E-state index contributed by atoms with van der Waals surface area (Å²) in [6.45, 7) is 6.97. The van der Waals surface area contributed by atoms with Gasteiger partial charge in [-0.2, -0.15) is 0 Å². The van der Waals surface area contributed by atoms with Crippen LogP contribution in [-0.2, 0) is 6.54 Å². The van der Waals surface area contributed by atoms with Gasteiger partial charge >= 0.3 is 0 Å². The fraction of sp³-hybridized carbons (Fsp3) is 0.706. The maximum absolute atomic E-state index is 12.1. The molecule has 2 rings (SSSR count). The molecule has 0 radical (unpaired) electrons. The van der Waals surface area contributed by atoms with Crippen molar-refractivity contribution in [3.8, 4) is 0 Å².